The summed E-state index contributed by atoms with van der Waals surface area (Å²) in [4.78, 5) is 0. The van der Waals surface area contributed by atoms with Gasteiger partial charge in [0.05, 0.1) is 5.69 Å². The Labute approximate surface area is 65.6 Å². The SMILES string of the molecule is C[C@H]1CCc2noc(N)c2C1. The predicted molar refractivity (Wildman–Crippen MR) is 42.1 cm³/mol. The van der Waals surface area contributed by atoms with Gasteiger partial charge in [-0.2, -0.15) is 0 Å². The maximum absolute atomic E-state index is 5.59. The van der Waals surface area contributed by atoms with E-state index in [0.717, 1.165) is 30.0 Å². The van der Waals surface area contributed by atoms with Crippen LogP contribution in [0.5, 0.6) is 0 Å². The van der Waals surface area contributed by atoms with Gasteiger partial charge >= 0.3 is 0 Å². The van der Waals surface area contributed by atoms with Gasteiger partial charge in [0.15, 0.2) is 0 Å². The van der Waals surface area contributed by atoms with Crippen LogP contribution in [0.2, 0.25) is 0 Å². The summed E-state index contributed by atoms with van der Waals surface area (Å²) in [6.07, 6.45) is 3.26. The first-order valence-corrected chi connectivity index (χ1v) is 4.00. The Morgan fingerprint density at radius 2 is 2.45 bits per heavy atom. The molecular formula is C8H12N2O. The molecule has 1 atom stereocenters. The molecule has 0 saturated carbocycles. The van der Waals surface area contributed by atoms with Crippen molar-refractivity contribution in [3.05, 3.63) is 11.3 Å². The first-order valence-electron chi connectivity index (χ1n) is 4.00. The van der Waals surface area contributed by atoms with E-state index in [4.69, 9.17) is 10.3 Å². The van der Waals surface area contributed by atoms with E-state index < -0.39 is 0 Å². The molecule has 0 radical (unpaired) electrons. The van der Waals surface area contributed by atoms with Gasteiger partial charge in [-0.1, -0.05) is 12.1 Å². The zero-order chi connectivity index (χ0) is 7.84. The van der Waals surface area contributed by atoms with Crippen LogP contribution in [-0.2, 0) is 12.8 Å². The monoisotopic (exact) mass is 152 g/mol. The highest BCUT2D eigenvalue weighted by Gasteiger charge is 2.21. The number of hydrogen-bond acceptors (Lipinski definition) is 3. The molecule has 60 valence electrons. The van der Waals surface area contributed by atoms with E-state index in [9.17, 15) is 0 Å². The van der Waals surface area contributed by atoms with Crippen LogP contribution in [0.4, 0.5) is 5.88 Å². The molecule has 0 amide bonds. The summed E-state index contributed by atoms with van der Waals surface area (Å²) >= 11 is 0. The van der Waals surface area contributed by atoms with Gasteiger partial charge in [-0.25, -0.2) is 0 Å². The third kappa shape index (κ3) is 1.00. The lowest BCUT2D eigenvalue weighted by Crippen LogP contribution is -2.11. The zero-order valence-corrected chi connectivity index (χ0v) is 6.63. The summed E-state index contributed by atoms with van der Waals surface area (Å²) in [6.45, 7) is 2.23. The zero-order valence-electron chi connectivity index (χ0n) is 6.63. The number of anilines is 1. The molecule has 0 fully saturated rings. The third-order valence-corrected chi connectivity index (χ3v) is 2.33. The minimum Gasteiger partial charge on any atom is -0.367 e. The van der Waals surface area contributed by atoms with Gasteiger partial charge < -0.3 is 10.3 Å². The second-order valence-corrected chi connectivity index (χ2v) is 3.32. The van der Waals surface area contributed by atoms with Crippen molar-refractivity contribution in [1.82, 2.24) is 5.16 Å². The van der Waals surface area contributed by atoms with Crippen molar-refractivity contribution < 1.29 is 4.52 Å². The number of fused-ring (bicyclic) bond motifs is 1. The van der Waals surface area contributed by atoms with Gasteiger partial charge in [0, 0.05) is 5.56 Å². The lowest BCUT2D eigenvalue weighted by Gasteiger charge is -2.15. The fraction of sp³-hybridized carbons (Fsp3) is 0.625. The van der Waals surface area contributed by atoms with Crippen LogP contribution in [0.25, 0.3) is 0 Å². The van der Waals surface area contributed by atoms with Crippen molar-refractivity contribution in [3.63, 3.8) is 0 Å². The van der Waals surface area contributed by atoms with Crippen molar-refractivity contribution in [1.29, 1.82) is 0 Å². The van der Waals surface area contributed by atoms with Crippen molar-refractivity contribution in [2.75, 3.05) is 5.73 Å². The Bertz CT molecular complexity index is 267. The molecule has 1 aliphatic rings. The Morgan fingerprint density at radius 1 is 1.64 bits per heavy atom. The predicted octanol–water partition coefficient (Wildman–Crippen LogP) is 1.38. The number of aromatic nitrogens is 1. The number of nitrogens with zero attached hydrogens (tertiary/aromatic N) is 1. The van der Waals surface area contributed by atoms with Crippen molar-refractivity contribution >= 4 is 5.88 Å². The number of hydrogen-bond donors (Lipinski definition) is 1. The Balaban J connectivity index is 2.37. The van der Waals surface area contributed by atoms with Gasteiger partial charge in [-0.3, -0.25) is 0 Å². The first-order chi connectivity index (χ1) is 5.27. The van der Waals surface area contributed by atoms with E-state index in [1.54, 1.807) is 0 Å². The van der Waals surface area contributed by atoms with E-state index in [-0.39, 0.29) is 0 Å². The lowest BCUT2D eigenvalue weighted by atomic mass is 9.89. The number of nitrogens with two attached hydrogens (primary N) is 1. The van der Waals surface area contributed by atoms with Crippen LogP contribution >= 0.6 is 0 Å². The number of rotatable bonds is 0. The number of aryl methyl sites for hydroxylation is 1. The molecule has 1 aliphatic carbocycles. The Hall–Kier alpha value is -0.990. The molecule has 0 bridgehead atoms. The van der Waals surface area contributed by atoms with Gasteiger partial charge in [0.2, 0.25) is 5.88 Å². The molecule has 1 heterocycles. The average molecular weight is 152 g/mol. The smallest absolute Gasteiger partial charge is 0.225 e. The largest absolute Gasteiger partial charge is 0.367 e. The third-order valence-electron chi connectivity index (χ3n) is 2.33. The summed E-state index contributed by atoms with van der Waals surface area (Å²) in [7, 11) is 0. The molecule has 0 unspecified atom stereocenters. The van der Waals surface area contributed by atoms with Gasteiger partial charge in [0.1, 0.15) is 0 Å². The van der Waals surface area contributed by atoms with Gasteiger partial charge in [0.25, 0.3) is 0 Å². The van der Waals surface area contributed by atoms with Crippen LogP contribution in [0, 0.1) is 5.92 Å². The Morgan fingerprint density at radius 3 is 3.27 bits per heavy atom. The fourth-order valence-electron chi connectivity index (χ4n) is 1.61. The Kier molecular flexibility index (Phi) is 1.37. The summed E-state index contributed by atoms with van der Waals surface area (Å²) in [5.74, 6) is 1.25. The second kappa shape index (κ2) is 2.26. The van der Waals surface area contributed by atoms with E-state index in [1.165, 1.54) is 6.42 Å². The lowest BCUT2D eigenvalue weighted by molar-refractivity contribution is 0.423. The van der Waals surface area contributed by atoms with Crippen molar-refractivity contribution in [2.45, 2.75) is 26.2 Å². The van der Waals surface area contributed by atoms with Crippen LogP contribution in [0.15, 0.2) is 4.52 Å². The fourth-order valence-corrected chi connectivity index (χ4v) is 1.61. The first kappa shape index (κ1) is 6.70. The molecule has 0 aliphatic heterocycles. The second-order valence-electron chi connectivity index (χ2n) is 3.32. The van der Waals surface area contributed by atoms with E-state index in [1.807, 2.05) is 0 Å². The highest BCUT2D eigenvalue weighted by Crippen LogP contribution is 2.28. The molecule has 0 aromatic carbocycles. The summed E-state index contributed by atoms with van der Waals surface area (Å²) in [6, 6.07) is 0. The summed E-state index contributed by atoms with van der Waals surface area (Å²) < 4.78 is 4.89. The summed E-state index contributed by atoms with van der Waals surface area (Å²) in [5, 5.41) is 3.89. The van der Waals surface area contributed by atoms with Gasteiger partial charge in [-0.05, 0) is 25.2 Å². The molecule has 0 spiro atoms. The molecule has 0 saturated heterocycles. The van der Waals surface area contributed by atoms with E-state index in [0.29, 0.717) is 5.88 Å². The van der Waals surface area contributed by atoms with Crippen LogP contribution in [0.3, 0.4) is 0 Å². The quantitative estimate of drug-likeness (QED) is 0.611. The molecule has 1 aromatic rings. The molecule has 2 rings (SSSR count). The van der Waals surface area contributed by atoms with Crippen LogP contribution in [-0.4, -0.2) is 5.16 Å². The molecule has 2 N–H and O–H groups in total. The van der Waals surface area contributed by atoms with E-state index in [2.05, 4.69) is 12.1 Å². The van der Waals surface area contributed by atoms with Gasteiger partial charge in [-0.15, -0.1) is 0 Å². The average Bonchev–Trinajstić information content (AvgIpc) is 2.33. The minimum absolute atomic E-state index is 0.520. The maximum Gasteiger partial charge on any atom is 0.225 e. The van der Waals surface area contributed by atoms with Crippen LogP contribution < -0.4 is 5.73 Å². The maximum atomic E-state index is 5.59. The molecule has 11 heavy (non-hydrogen) atoms. The van der Waals surface area contributed by atoms with E-state index >= 15 is 0 Å². The number of nitrogen functional groups attached to an aromatic ring is 1. The normalized spacial score (nSPS) is 23.2. The molecular weight excluding hydrogens is 140 g/mol. The van der Waals surface area contributed by atoms with Crippen molar-refractivity contribution in [2.24, 2.45) is 5.92 Å². The highest BCUT2D eigenvalue weighted by molar-refractivity contribution is 5.40. The van der Waals surface area contributed by atoms with Crippen molar-refractivity contribution in [3.8, 4) is 0 Å². The minimum atomic E-state index is 0.520. The standard InChI is InChI=1S/C8H12N2O/c1-5-2-3-7-6(4-5)8(9)11-10-7/h5H,2-4,9H2,1H3/t5-/m0/s1. The molecule has 1 aromatic heterocycles. The summed E-state index contributed by atoms with van der Waals surface area (Å²) in [5.41, 5.74) is 7.81. The topological polar surface area (TPSA) is 52.0 Å². The van der Waals surface area contributed by atoms with Crippen LogP contribution in [0.1, 0.15) is 24.6 Å². The highest BCUT2D eigenvalue weighted by atomic mass is 16.5. The molecule has 3 nitrogen and oxygen atoms in total. The molecule has 3 heteroatoms.